The van der Waals surface area contributed by atoms with Gasteiger partial charge in [-0.05, 0) is 19.1 Å². The van der Waals surface area contributed by atoms with Crippen LogP contribution in [0, 0.1) is 0 Å². The van der Waals surface area contributed by atoms with Crippen molar-refractivity contribution in [2.45, 2.75) is 44.6 Å². The maximum absolute atomic E-state index is 12.0. The summed E-state index contributed by atoms with van der Waals surface area (Å²) in [6.45, 7) is 2.73. The number of ether oxygens (including phenoxy) is 3. The van der Waals surface area contributed by atoms with Gasteiger partial charge in [-0.15, -0.1) is 0 Å². The highest BCUT2D eigenvalue weighted by atomic mass is 16.7. The van der Waals surface area contributed by atoms with Crippen molar-refractivity contribution in [2.75, 3.05) is 0 Å². The number of hydrogen-bond donors (Lipinski definition) is 2. The summed E-state index contributed by atoms with van der Waals surface area (Å²) in [6.07, 6.45) is -6.02. The lowest BCUT2D eigenvalue weighted by atomic mass is 9.99. The van der Waals surface area contributed by atoms with Crippen molar-refractivity contribution in [1.82, 2.24) is 0 Å². The molecule has 5 atom stereocenters. The minimum Gasteiger partial charge on any atom is -0.457 e. The number of esters is 2. The van der Waals surface area contributed by atoms with Crippen molar-refractivity contribution in [3.05, 3.63) is 35.9 Å². The monoisotopic (exact) mass is 310 g/mol. The molecule has 2 N–H and O–H groups in total. The van der Waals surface area contributed by atoms with Gasteiger partial charge in [0, 0.05) is 6.92 Å². The van der Waals surface area contributed by atoms with Crippen molar-refractivity contribution >= 4 is 11.9 Å². The lowest BCUT2D eigenvalue weighted by molar-refractivity contribution is -0.280. The highest BCUT2D eigenvalue weighted by molar-refractivity contribution is 5.89. The van der Waals surface area contributed by atoms with Crippen LogP contribution in [-0.4, -0.2) is 52.9 Å². The first kappa shape index (κ1) is 16.4. The molecule has 1 heterocycles. The number of benzene rings is 1. The molecule has 7 heteroatoms. The van der Waals surface area contributed by atoms with Crippen molar-refractivity contribution in [1.29, 1.82) is 0 Å². The van der Waals surface area contributed by atoms with Crippen LogP contribution >= 0.6 is 0 Å². The molecule has 0 saturated carbocycles. The summed E-state index contributed by atoms with van der Waals surface area (Å²) in [5.41, 5.74) is 0.268. The van der Waals surface area contributed by atoms with E-state index in [1.54, 1.807) is 18.2 Å². The molecule has 0 spiro atoms. The van der Waals surface area contributed by atoms with E-state index in [1.807, 2.05) is 0 Å². The van der Waals surface area contributed by atoms with Gasteiger partial charge in [0.2, 0.25) is 0 Å². The first-order valence-corrected chi connectivity index (χ1v) is 6.85. The quantitative estimate of drug-likeness (QED) is 0.771. The third kappa shape index (κ3) is 3.62. The standard InChI is InChI=1S/C15H18O7/c1-8-12(21-9(2)16)11(17)13(15(19)20-8)22-14(18)10-6-4-3-5-7-10/h3-8,11-13,15,17,19H,1-2H3/t8-,11+,12+,13-,15+/m1/s1. The van der Waals surface area contributed by atoms with Gasteiger partial charge >= 0.3 is 11.9 Å². The molecule has 2 rings (SSSR count). The van der Waals surface area contributed by atoms with E-state index in [1.165, 1.54) is 26.0 Å². The molecule has 0 aromatic heterocycles. The molecule has 1 fully saturated rings. The predicted molar refractivity (Wildman–Crippen MR) is 73.8 cm³/mol. The fourth-order valence-electron chi connectivity index (χ4n) is 2.26. The average Bonchev–Trinajstić information content (AvgIpc) is 2.48. The summed E-state index contributed by atoms with van der Waals surface area (Å²) >= 11 is 0. The Morgan fingerprint density at radius 1 is 1.09 bits per heavy atom. The topological polar surface area (TPSA) is 102 Å². The molecule has 0 bridgehead atoms. The zero-order chi connectivity index (χ0) is 16.3. The minimum atomic E-state index is -1.51. The number of hydrogen-bond acceptors (Lipinski definition) is 7. The van der Waals surface area contributed by atoms with Crippen LogP contribution in [0.2, 0.25) is 0 Å². The summed E-state index contributed by atoms with van der Waals surface area (Å²) in [7, 11) is 0. The zero-order valence-electron chi connectivity index (χ0n) is 12.2. The van der Waals surface area contributed by atoms with Gasteiger partial charge in [-0.2, -0.15) is 0 Å². The lowest BCUT2D eigenvalue weighted by Gasteiger charge is -2.40. The Morgan fingerprint density at radius 2 is 1.73 bits per heavy atom. The number of carbonyl (C=O) groups is 2. The average molecular weight is 310 g/mol. The Balaban J connectivity index is 2.11. The van der Waals surface area contributed by atoms with E-state index in [9.17, 15) is 19.8 Å². The fraction of sp³-hybridized carbons (Fsp3) is 0.467. The second kappa shape index (κ2) is 6.87. The molecule has 0 unspecified atom stereocenters. The molecule has 1 saturated heterocycles. The van der Waals surface area contributed by atoms with Crippen LogP contribution in [0.3, 0.4) is 0 Å². The van der Waals surface area contributed by atoms with Crippen LogP contribution < -0.4 is 0 Å². The molecular weight excluding hydrogens is 292 g/mol. The van der Waals surface area contributed by atoms with E-state index < -0.39 is 42.6 Å². The summed E-state index contributed by atoms with van der Waals surface area (Å²) in [6, 6.07) is 8.13. The Hall–Kier alpha value is -1.96. The summed E-state index contributed by atoms with van der Waals surface area (Å²) in [5, 5.41) is 20.1. The Bertz CT molecular complexity index is 530. The minimum absolute atomic E-state index is 0.268. The van der Waals surface area contributed by atoms with E-state index in [2.05, 4.69) is 0 Å². The number of carbonyl (C=O) groups excluding carboxylic acids is 2. The van der Waals surface area contributed by atoms with Crippen molar-refractivity contribution in [3.8, 4) is 0 Å². The highest BCUT2D eigenvalue weighted by Crippen LogP contribution is 2.25. The van der Waals surface area contributed by atoms with Gasteiger partial charge in [0.05, 0.1) is 11.7 Å². The second-order valence-corrected chi connectivity index (χ2v) is 5.03. The Kier molecular flexibility index (Phi) is 5.12. The molecule has 22 heavy (non-hydrogen) atoms. The maximum atomic E-state index is 12.0. The predicted octanol–water partition coefficient (Wildman–Crippen LogP) is 0.242. The van der Waals surface area contributed by atoms with Crippen LogP contribution in [-0.2, 0) is 19.0 Å². The van der Waals surface area contributed by atoms with Crippen LogP contribution in [0.4, 0.5) is 0 Å². The molecule has 0 radical (unpaired) electrons. The molecule has 0 aliphatic carbocycles. The van der Waals surface area contributed by atoms with E-state index in [0.29, 0.717) is 0 Å². The van der Waals surface area contributed by atoms with Crippen molar-refractivity contribution < 1.29 is 34.0 Å². The fourth-order valence-corrected chi connectivity index (χ4v) is 2.26. The molecule has 120 valence electrons. The van der Waals surface area contributed by atoms with Crippen molar-refractivity contribution in [3.63, 3.8) is 0 Å². The zero-order valence-corrected chi connectivity index (χ0v) is 12.2. The van der Waals surface area contributed by atoms with Gasteiger partial charge in [-0.3, -0.25) is 4.79 Å². The molecule has 7 nitrogen and oxygen atoms in total. The number of aliphatic hydroxyl groups is 2. The Labute approximate surface area is 127 Å². The van der Waals surface area contributed by atoms with Gasteiger partial charge in [-0.25, -0.2) is 4.79 Å². The maximum Gasteiger partial charge on any atom is 0.338 e. The smallest absolute Gasteiger partial charge is 0.338 e. The van der Waals surface area contributed by atoms with Crippen LogP contribution in [0.25, 0.3) is 0 Å². The van der Waals surface area contributed by atoms with E-state index in [-0.39, 0.29) is 5.56 Å². The van der Waals surface area contributed by atoms with Gasteiger partial charge in [0.1, 0.15) is 6.10 Å². The van der Waals surface area contributed by atoms with Crippen LogP contribution in [0.15, 0.2) is 30.3 Å². The SMILES string of the molecule is CC(=O)O[C@@H]1[C@H](O)[C@@H](OC(=O)c2ccccc2)[C@@H](O)O[C@@H]1C. The summed E-state index contributed by atoms with van der Waals surface area (Å²) < 4.78 is 15.2. The second-order valence-electron chi connectivity index (χ2n) is 5.03. The first-order chi connectivity index (χ1) is 10.4. The van der Waals surface area contributed by atoms with Gasteiger partial charge < -0.3 is 24.4 Å². The molecule has 1 aromatic carbocycles. The summed E-state index contributed by atoms with van der Waals surface area (Å²) in [4.78, 5) is 23.1. The van der Waals surface area contributed by atoms with Crippen LogP contribution in [0.5, 0.6) is 0 Å². The molecule has 0 amide bonds. The summed E-state index contributed by atoms with van der Waals surface area (Å²) in [5.74, 6) is -1.33. The number of rotatable bonds is 3. The Morgan fingerprint density at radius 3 is 2.32 bits per heavy atom. The van der Waals surface area contributed by atoms with Gasteiger partial charge in [0.15, 0.2) is 18.5 Å². The van der Waals surface area contributed by atoms with Gasteiger partial charge in [0.25, 0.3) is 0 Å². The van der Waals surface area contributed by atoms with E-state index in [0.717, 1.165) is 0 Å². The van der Waals surface area contributed by atoms with E-state index in [4.69, 9.17) is 14.2 Å². The van der Waals surface area contributed by atoms with Crippen molar-refractivity contribution in [2.24, 2.45) is 0 Å². The van der Waals surface area contributed by atoms with Crippen LogP contribution in [0.1, 0.15) is 24.2 Å². The molecular formula is C15H18O7. The van der Waals surface area contributed by atoms with Gasteiger partial charge in [-0.1, -0.05) is 18.2 Å². The lowest BCUT2D eigenvalue weighted by Crippen LogP contribution is -2.59. The molecule has 1 aromatic rings. The number of aliphatic hydroxyl groups excluding tert-OH is 2. The normalized spacial score (nSPS) is 31.4. The first-order valence-electron chi connectivity index (χ1n) is 6.85. The third-order valence-corrected chi connectivity index (χ3v) is 3.33. The largest absolute Gasteiger partial charge is 0.457 e. The highest BCUT2D eigenvalue weighted by Gasteiger charge is 2.47. The van der Waals surface area contributed by atoms with E-state index >= 15 is 0 Å². The third-order valence-electron chi connectivity index (χ3n) is 3.33. The molecule has 1 aliphatic heterocycles. The molecule has 1 aliphatic rings.